The predicted molar refractivity (Wildman–Crippen MR) is 87.0 cm³/mol. The van der Waals surface area contributed by atoms with Crippen molar-refractivity contribution >= 4 is 6.09 Å². The number of nitrogens with one attached hydrogen (secondary N) is 1. The van der Waals surface area contributed by atoms with E-state index in [0.29, 0.717) is 0 Å². The number of hydrogen-bond acceptors (Lipinski definition) is 4. The van der Waals surface area contributed by atoms with Crippen molar-refractivity contribution in [2.24, 2.45) is 0 Å². The van der Waals surface area contributed by atoms with Crippen LogP contribution in [0, 0.1) is 0 Å². The molecule has 2 aliphatic heterocycles. The summed E-state index contributed by atoms with van der Waals surface area (Å²) in [7, 11) is 0. The van der Waals surface area contributed by atoms with Crippen LogP contribution in [-0.4, -0.2) is 54.5 Å². The van der Waals surface area contributed by atoms with Crippen LogP contribution in [0.5, 0.6) is 0 Å². The number of carbonyl (C=O) groups is 1. The lowest BCUT2D eigenvalue weighted by Gasteiger charge is -2.40. The number of amides is 1. The average Bonchev–Trinajstić information content (AvgIpc) is 2.44. The Morgan fingerprint density at radius 3 is 2.64 bits per heavy atom. The Balaban J connectivity index is 1.90. The van der Waals surface area contributed by atoms with E-state index >= 15 is 0 Å². The first kappa shape index (κ1) is 17.5. The van der Waals surface area contributed by atoms with Crippen molar-refractivity contribution in [3.05, 3.63) is 0 Å². The summed E-state index contributed by atoms with van der Waals surface area (Å²) >= 11 is 0. The second kappa shape index (κ2) is 7.18. The fourth-order valence-electron chi connectivity index (χ4n) is 3.14. The number of piperidine rings is 1. The molecule has 128 valence electrons. The van der Waals surface area contributed by atoms with Gasteiger partial charge < -0.3 is 19.7 Å². The van der Waals surface area contributed by atoms with Crippen LogP contribution in [0.3, 0.4) is 0 Å². The number of carbonyl (C=O) groups excluding carboxylic acids is 1. The zero-order valence-electron chi connectivity index (χ0n) is 14.6. The summed E-state index contributed by atoms with van der Waals surface area (Å²) < 4.78 is 11.0. The van der Waals surface area contributed by atoms with Gasteiger partial charge in [-0.2, -0.15) is 0 Å². The zero-order chi connectivity index (χ0) is 16.2. The van der Waals surface area contributed by atoms with Crippen molar-refractivity contribution in [3.63, 3.8) is 0 Å². The second-order valence-corrected chi connectivity index (χ2v) is 7.88. The summed E-state index contributed by atoms with van der Waals surface area (Å²) in [6.45, 7) is 11.3. The van der Waals surface area contributed by atoms with E-state index in [9.17, 15) is 4.79 Å². The molecule has 2 fully saturated rings. The molecule has 2 aliphatic rings. The minimum Gasteiger partial charge on any atom is -0.444 e. The molecule has 0 bridgehead atoms. The van der Waals surface area contributed by atoms with Crippen LogP contribution in [0.2, 0.25) is 0 Å². The molecule has 2 rings (SSSR count). The minimum atomic E-state index is -0.431. The fourth-order valence-corrected chi connectivity index (χ4v) is 3.14. The molecule has 2 heterocycles. The largest absolute Gasteiger partial charge is 0.444 e. The Morgan fingerprint density at radius 1 is 1.32 bits per heavy atom. The van der Waals surface area contributed by atoms with Crippen LogP contribution in [0.15, 0.2) is 0 Å². The molecule has 0 aromatic rings. The molecule has 5 heteroatoms. The Kier molecular flexibility index (Phi) is 5.72. The summed E-state index contributed by atoms with van der Waals surface area (Å²) in [5, 5.41) is 3.69. The van der Waals surface area contributed by atoms with Crippen molar-refractivity contribution < 1.29 is 14.3 Å². The summed E-state index contributed by atoms with van der Waals surface area (Å²) in [4.78, 5) is 14.3. The van der Waals surface area contributed by atoms with Crippen LogP contribution < -0.4 is 5.32 Å². The average molecular weight is 312 g/mol. The van der Waals surface area contributed by atoms with Gasteiger partial charge >= 0.3 is 6.09 Å². The molecule has 1 unspecified atom stereocenters. The summed E-state index contributed by atoms with van der Waals surface area (Å²) in [6, 6.07) is 0.239. The van der Waals surface area contributed by atoms with E-state index in [1.165, 1.54) is 6.42 Å². The highest BCUT2D eigenvalue weighted by Crippen LogP contribution is 2.23. The highest BCUT2D eigenvalue weighted by molar-refractivity contribution is 5.68. The molecule has 0 spiro atoms. The standard InChI is InChI=1S/C17H32N2O3/c1-16(2,3)22-15(20)19-10-6-5-7-14(19)13-18-17(4)8-11-21-12-9-17/h14,18H,5-13H2,1-4H3. The van der Waals surface area contributed by atoms with E-state index < -0.39 is 5.60 Å². The Morgan fingerprint density at radius 2 is 2.00 bits per heavy atom. The summed E-state index contributed by atoms with van der Waals surface area (Å²) in [6.07, 6.45) is 5.21. The van der Waals surface area contributed by atoms with E-state index in [0.717, 1.165) is 52.0 Å². The lowest BCUT2D eigenvalue weighted by Crippen LogP contribution is -2.55. The number of rotatable bonds is 3. The lowest BCUT2D eigenvalue weighted by molar-refractivity contribution is 0.00585. The number of nitrogens with zero attached hydrogens (tertiary/aromatic N) is 1. The SMILES string of the molecule is CC1(NCC2CCCCN2C(=O)OC(C)(C)C)CCOCC1. The smallest absolute Gasteiger partial charge is 0.410 e. The van der Waals surface area contributed by atoms with Gasteiger partial charge in [-0.25, -0.2) is 4.79 Å². The fraction of sp³-hybridized carbons (Fsp3) is 0.941. The van der Waals surface area contributed by atoms with Gasteiger partial charge in [-0.3, -0.25) is 0 Å². The van der Waals surface area contributed by atoms with Crippen LogP contribution in [0.4, 0.5) is 4.79 Å². The maximum atomic E-state index is 12.4. The molecule has 0 radical (unpaired) electrons. The van der Waals surface area contributed by atoms with E-state index in [2.05, 4.69) is 12.2 Å². The maximum absolute atomic E-state index is 12.4. The van der Waals surface area contributed by atoms with Gasteiger partial charge in [-0.15, -0.1) is 0 Å². The topological polar surface area (TPSA) is 50.8 Å². The predicted octanol–water partition coefficient (Wildman–Crippen LogP) is 2.93. The lowest BCUT2D eigenvalue weighted by atomic mass is 9.91. The zero-order valence-corrected chi connectivity index (χ0v) is 14.6. The van der Waals surface area contributed by atoms with E-state index in [-0.39, 0.29) is 17.7 Å². The molecule has 2 saturated heterocycles. The van der Waals surface area contributed by atoms with Crippen molar-refractivity contribution in [2.75, 3.05) is 26.3 Å². The Hall–Kier alpha value is -0.810. The number of likely N-dealkylation sites (tertiary alicyclic amines) is 1. The third-order valence-corrected chi connectivity index (χ3v) is 4.62. The van der Waals surface area contributed by atoms with Gasteiger partial charge in [0.05, 0.1) is 0 Å². The molecule has 1 amide bonds. The quantitative estimate of drug-likeness (QED) is 0.870. The van der Waals surface area contributed by atoms with E-state index in [4.69, 9.17) is 9.47 Å². The first-order valence-corrected chi connectivity index (χ1v) is 8.61. The first-order valence-electron chi connectivity index (χ1n) is 8.61. The van der Waals surface area contributed by atoms with Crippen LogP contribution in [-0.2, 0) is 9.47 Å². The van der Waals surface area contributed by atoms with Crippen molar-refractivity contribution in [1.82, 2.24) is 10.2 Å². The highest BCUT2D eigenvalue weighted by atomic mass is 16.6. The maximum Gasteiger partial charge on any atom is 0.410 e. The van der Waals surface area contributed by atoms with Crippen LogP contribution in [0.25, 0.3) is 0 Å². The van der Waals surface area contributed by atoms with Crippen LogP contribution >= 0.6 is 0 Å². The number of ether oxygens (including phenoxy) is 2. The Bertz CT molecular complexity index is 373. The van der Waals surface area contributed by atoms with Gasteiger partial charge in [-0.05, 0) is 59.8 Å². The summed E-state index contributed by atoms with van der Waals surface area (Å²) in [5.41, 5.74) is -0.297. The molecule has 0 saturated carbocycles. The third kappa shape index (κ3) is 5.13. The number of hydrogen-bond donors (Lipinski definition) is 1. The van der Waals surface area contributed by atoms with Gasteiger partial charge in [0, 0.05) is 37.9 Å². The Labute approximate surface area is 134 Å². The highest BCUT2D eigenvalue weighted by Gasteiger charge is 2.33. The van der Waals surface area contributed by atoms with Crippen LogP contribution in [0.1, 0.15) is 59.8 Å². The normalized spacial score (nSPS) is 25.8. The molecule has 0 aromatic carbocycles. The molecule has 5 nitrogen and oxygen atoms in total. The summed E-state index contributed by atoms with van der Waals surface area (Å²) in [5.74, 6) is 0. The molecule has 0 aliphatic carbocycles. The van der Waals surface area contributed by atoms with E-state index in [1.54, 1.807) is 0 Å². The van der Waals surface area contributed by atoms with E-state index in [1.807, 2.05) is 25.7 Å². The molecular weight excluding hydrogens is 280 g/mol. The monoisotopic (exact) mass is 312 g/mol. The molecule has 1 N–H and O–H groups in total. The van der Waals surface area contributed by atoms with Crippen molar-refractivity contribution in [3.8, 4) is 0 Å². The third-order valence-electron chi connectivity index (χ3n) is 4.62. The molecule has 1 atom stereocenters. The van der Waals surface area contributed by atoms with Crippen molar-refractivity contribution in [2.45, 2.75) is 77.0 Å². The second-order valence-electron chi connectivity index (χ2n) is 7.88. The molecular formula is C17H32N2O3. The first-order chi connectivity index (χ1) is 10.3. The van der Waals surface area contributed by atoms with Gasteiger partial charge in [-0.1, -0.05) is 0 Å². The van der Waals surface area contributed by atoms with Gasteiger partial charge in [0.1, 0.15) is 5.60 Å². The van der Waals surface area contributed by atoms with Gasteiger partial charge in [0.25, 0.3) is 0 Å². The van der Waals surface area contributed by atoms with Gasteiger partial charge in [0.15, 0.2) is 0 Å². The molecule has 22 heavy (non-hydrogen) atoms. The van der Waals surface area contributed by atoms with Gasteiger partial charge in [0.2, 0.25) is 0 Å². The molecule has 0 aromatic heterocycles. The van der Waals surface area contributed by atoms with Crippen molar-refractivity contribution in [1.29, 1.82) is 0 Å². The minimum absolute atomic E-state index is 0.134.